The summed E-state index contributed by atoms with van der Waals surface area (Å²) in [5.74, 6) is 0.927. The van der Waals surface area contributed by atoms with E-state index in [4.69, 9.17) is 23.2 Å². The van der Waals surface area contributed by atoms with Crippen molar-refractivity contribution in [2.45, 2.75) is 11.7 Å². The van der Waals surface area contributed by atoms with E-state index in [1.807, 2.05) is 25.2 Å². The first-order valence-corrected chi connectivity index (χ1v) is 7.52. The maximum absolute atomic E-state index is 6.10. The van der Waals surface area contributed by atoms with Crippen LogP contribution >= 0.6 is 35.0 Å². The lowest BCUT2D eigenvalue weighted by atomic mass is 10.2. The van der Waals surface area contributed by atoms with Gasteiger partial charge in [-0.2, -0.15) is 0 Å². The van der Waals surface area contributed by atoms with Crippen LogP contribution in [0.15, 0.2) is 23.4 Å². The minimum atomic E-state index is 0.717. The lowest BCUT2D eigenvalue weighted by molar-refractivity contribution is -0.666. The highest BCUT2D eigenvalue weighted by molar-refractivity contribution is 7.99. The fourth-order valence-electron chi connectivity index (χ4n) is 1.55. The minimum Gasteiger partial charge on any atom is -0.342 e. The third kappa shape index (κ3) is 4.07. The van der Waals surface area contributed by atoms with Crippen LogP contribution < -0.4 is 5.32 Å². The van der Waals surface area contributed by atoms with Crippen molar-refractivity contribution in [1.29, 1.82) is 0 Å². The lowest BCUT2D eigenvalue weighted by Crippen LogP contribution is -2.83. The first-order chi connectivity index (χ1) is 9.18. The Morgan fingerprint density at radius 2 is 2.05 bits per heavy atom. The number of hydrogen-bond donors (Lipinski definition) is 1. The molecule has 1 aromatic carbocycles. The largest absolute Gasteiger partial charge is 0.342 e. The topological polar surface area (TPSA) is 60.2 Å². The van der Waals surface area contributed by atoms with Crippen LogP contribution in [0.5, 0.6) is 0 Å². The van der Waals surface area contributed by atoms with Crippen LogP contribution in [-0.2, 0) is 13.6 Å². The van der Waals surface area contributed by atoms with Crippen LogP contribution in [-0.4, -0.2) is 32.5 Å². The van der Waals surface area contributed by atoms with Gasteiger partial charge in [-0.15, -0.1) is 5.10 Å². The molecule has 1 heterocycles. The zero-order chi connectivity index (χ0) is 13.7. The average Bonchev–Trinajstić information content (AvgIpc) is 2.78. The second-order valence-electron chi connectivity index (χ2n) is 3.92. The van der Waals surface area contributed by atoms with Crippen LogP contribution in [0.25, 0.3) is 0 Å². The Balaban J connectivity index is 1.74. The van der Waals surface area contributed by atoms with Crippen molar-refractivity contribution in [1.82, 2.24) is 20.2 Å². The highest BCUT2D eigenvalue weighted by Gasteiger charge is 2.07. The number of tetrazole rings is 1. The van der Waals surface area contributed by atoms with Gasteiger partial charge in [0.2, 0.25) is 5.16 Å². The summed E-state index contributed by atoms with van der Waals surface area (Å²) >= 11 is 13.8. The third-order valence-electron chi connectivity index (χ3n) is 2.54. The zero-order valence-corrected chi connectivity index (χ0v) is 12.7. The Hall–Kier alpha value is -0.820. The number of hydrogen-bond acceptors (Lipinski definition) is 4. The maximum Gasteiger partial charge on any atom is 0.209 e. The molecule has 0 aliphatic carbocycles. The van der Waals surface area contributed by atoms with E-state index < -0.39 is 0 Å². The van der Waals surface area contributed by atoms with Crippen LogP contribution in [0.2, 0.25) is 10.0 Å². The summed E-state index contributed by atoms with van der Waals surface area (Å²) in [5.41, 5.74) is 0.983. The second-order valence-corrected chi connectivity index (χ2v) is 5.79. The molecule has 1 aromatic heterocycles. The molecule has 0 amide bonds. The molecule has 0 aliphatic heterocycles. The normalized spacial score (nSPS) is 10.9. The summed E-state index contributed by atoms with van der Waals surface area (Å²) in [6.07, 6.45) is 0. The standard InChI is InChI=1S/C11H13Cl2N5S/c1-18-11(15-16-17-18)19-6-5-14-7-8-9(12)3-2-4-10(8)13/h2-4,14H,5-7H2,1H3/p+1. The summed E-state index contributed by atoms with van der Waals surface area (Å²) in [6, 6.07) is 5.57. The molecule has 0 radical (unpaired) electrons. The molecule has 0 spiro atoms. The van der Waals surface area contributed by atoms with Crippen LogP contribution in [0, 0.1) is 0 Å². The summed E-state index contributed by atoms with van der Waals surface area (Å²) in [6.45, 7) is 1.72. The van der Waals surface area contributed by atoms with Crippen LogP contribution in [0.3, 0.4) is 0 Å². The number of aromatic nitrogens is 4. The minimum absolute atomic E-state index is 0.717. The summed E-state index contributed by atoms with van der Waals surface area (Å²) in [4.78, 5) is 0. The van der Waals surface area contributed by atoms with E-state index in [0.717, 1.165) is 29.6 Å². The van der Waals surface area contributed by atoms with E-state index in [1.165, 1.54) is 0 Å². The number of rotatable bonds is 6. The van der Waals surface area contributed by atoms with Gasteiger partial charge in [0.15, 0.2) is 0 Å². The third-order valence-corrected chi connectivity index (χ3v) is 4.30. The molecular weight excluding hydrogens is 305 g/mol. The molecule has 2 rings (SSSR count). The Morgan fingerprint density at radius 3 is 2.68 bits per heavy atom. The predicted molar refractivity (Wildman–Crippen MR) is 76.5 cm³/mol. The highest BCUT2D eigenvalue weighted by atomic mass is 35.5. The van der Waals surface area contributed by atoms with Crippen LogP contribution in [0.4, 0.5) is 0 Å². The maximum atomic E-state index is 6.10. The van der Waals surface area contributed by atoms with Gasteiger partial charge >= 0.3 is 0 Å². The summed E-state index contributed by atoms with van der Waals surface area (Å²) in [5, 5.41) is 15.7. The number of nitrogens with zero attached hydrogens (tertiary/aromatic N) is 4. The van der Waals surface area contributed by atoms with Gasteiger partial charge in [0.1, 0.15) is 6.54 Å². The Labute approximate surface area is 125 Å². The highest BCUT2D eigenvalue weighted by Crippen LogP contribution is 2.22. The number of aryl methyl sites for hydroxylation is 1. The smallest absolute Gasteiger partial charge is 0.209 e. The lowest BCUT2D eigenvalue weighted by Gasteiger charge is -2.05. The molecular formula is C11H14Cl2N5S+. The van der Waals surface area contributed by atoms with E-state index in [0.29, 0.717) is 10.0 Å². The molecule has 8 heteroatoms. The monoisotopic (exact) mass is 318 g/mol. The Bertz CT molecular complexity index is 525. The summed E-state index contributed by atoms with van der Waals surface area (Å²) < 4.78 is 1.66. The van der Waals surface area contributed by atoms with E-state index >= 15 is 0 Å². The Kier molecular flexibility index (Phi) is 5.45. The average molecular weight is 319 g/mol. The van der Waals surface area contributed by atoms with E-state index in [2.05, 4.69) is 20.8 Å². The Morgan fingerprint density at radius 1 is 1.32 bits per heavy atom. The molecule has 0 fully saturated rings. The van der Waals surface area contributed by atoms with Gasteiger partial charge in [0.05, 0.1) is 22.3 Å². The van der Waals surface area contributed by atoms with E-state index in [1.54, 1.807) is 16.4 Å². The van der Waals surface area contributed by atoms with Crippen molar-refractivity contribution in [3.63, 3.8) is 0 Å². The fourth-order valence-corrected chi connectivity index (χ4v) is 2.89. The second kappa shape index (κ2) is 7.09. The number of quaternary nitrogens is 1. The van der Waals surface area contributed by atoms with Gasteiger partial charge in [-0.1, -0.05) is 41.0 Å². The quantitative estimate of drug-likeness (QED) is 0.645. The molecule has 102 valence electrons. The SMILES string of the molecule is Cn1nnnc1SCC[NH2+]Cc1c(Cl)cccc1Cl. The van der Waals surface area contributed by atoms with Gasteiger partial charge in [-0.05, 0) is 22.6 Å². The molecule has 0 aliphatic rings. The number of nitrogens with two attached hydrogens (primary N) is 1. The van der Waals surface area contributed by atoms with Gasteiger partial charge < -0.3 is 5.32 Å². The first-order valence-electron chi connectivity index (χ1n) is 5.78. The van der Waals surface area contributed by atoms with Crippen LogP contribution in [0.1, 0.15) is 5.56 Å². The molecule has 0 atom stereocenters. The van der Waals surface area contributed by atoms with Gasteiger partial charge in [-0.25, -0.2) is 4.68 Å². The van der Waals surface area contributed by atoms with E-state index in [-0.39, 0.29) is 0 Å². The first kappa shape index (κ1) is 14.6. The molecule has 0 bridgehead atoms. The molecule has 5 nitrogen and oxygen atoms in total. The zero-order valence-electron chi connectivity index (χ0n) is 10.4. The molecule has 0 unspecified atom stereocenters. The molecule has 0 saturated heterocycles. The van der Waals surface area contributed by atoms with Gasteiger partial charge in [0.25, 0.3) is 0 Å². The molecule has 0 saturated carbocycles. The number of halogens is 2. The number of thioether (sulfide) groups is 1. The predicted octanol–water partition coefficient (Wildman–Crippen LogP) is 1.37. The molecule has 2 N–H and O–H groups in total. The van der Waals surface area contributed by atoms with Crippen molar-refractivity contribution in [3.05, 3.63) is 33.8 Å². The molecule has 19 heavy (non-hydrogen) atoms. The summed E-state index contributed by atoms with van der Waals surface area (Å²) in [7, 11) is 1.83. The van der Waals surface area contributed by atoms with Crippen molar-refractivity contribution in [2.24, 2.45) is 7.05 Å². The number of benzene rings is 1. The van der Waals surface area contributed by atoms with Crippen molar-refractivity contribution in [3.8, 4) is 0 Å². The van der Waals surface area contributed by atoms with Crippen molar-refractivity contribution in [2.75, 3.05) is 12.3 Å². The van der Waals surface area contributed by atoms with Crippen molar-refractivity contribution < 1.29 is 5.32 Å². The van der Waals surface area contributed by atoms with Crippen molar-refractivity contribution >= 4 is 35.0 Å². The fraction of sp³-hybridized carbons (Fsp3) is 0.364. The van der Waals surface area contributed by atoms with Gasteiger partial charge in [-0.3, -0.25) is 0 Å². The van der Waals surface area contributed by atoms with Gasteiger partial charge in [0, 0.05) is 12.6 Å². The molecule has 2 aromatic rings. The van der Waals surface area contributed by atoms with E-state index in [9.17, 15) is 0 Å².